The summed E-state index contributed by atoms with van der Waals surface area (Å²) >= 11 is 5.91. The lowest BCUT2D eigenvalue weighted by Gasteiger charge is -2.11. The van der Waals surface area contributed by atoms with E-state index in [0.29, 0.717) is 5.02 Å². The van der Waals surface area contributed by atoms with Crippen molar-refractivity contribution in [1.29, 1.82) is 0 Å². The molecule has 3 heteroatoms. The molecular formula is C14H14ClNO. The van der Waals surface area contributed by atoms with Crippen molar-refractivity contribution in [2.45, 2.75) is 13.8 Å². The summed E-state index contributed by atoms with van der Waals surface area (Å²) in [5, 5.41) is 0.660. The van der Waals surface area contributed by atoms with Gasteiger partial charge in [0.1, 0.15) is 11.5 Å². The zero-order valence-electron chi connectivity index (χ0n) is 9.83. The second-order valence-corrected chi connectivity index (χ2v) is 4.47. The molecule has 0 saturated carbocycles. The van der Waals surface area contributed by atoms with Crippen LogP contribution in [-0.2, 0) is 0 Å². The van der Waals surface area contributed by atoms with Gasteiger partial charge in [0.05, 0.1) is 0 Å². The van der Waals surface area contributed by atoms with Gasteiger partial charge in [-0.3, -0.25) is 0 Å². The fourth-order valence-electron chi connectivity index (χ4n) is 1.58. The van der Waals surface area contributed by atoms with Gasteiger partial charge in [-0.05, 0) is 55.3 Å². The Balaban J connectivity index is 2.33. The van der Waals surface area contributed by atoms with E-state index in [1.54, 1.807) is 6.07 Å². The number of halogens is 1. The largest absolute Gasteiger partial charge is 0.457 e. The molecule has 0 atom stereocenters. The van der Waals surface area contributed by atoms with Gasteiger partial charge in [0, 0.05) is 10.7 Å². The second kappa shape index (κ2) is 4.68. The molecule has 0 aliphatic carbocycles. The van der Waals surface area contributed by atoms with Crippen LogP contribution in [0.15, 0.2) is 36.4 Å². The van der Waals surface area contributed by atoms with E-state index in [2.05, 4.69) is 0 Å². The number of aryl methyl sites for hydroxylation is 2. The summed E-state index contributed by atoms with van der Waals surface area (Å²) in [4.78, 5) is 0. The predicted molar refractivity (Wildman–Crippen MR) is 71.9 cm³/mol. The number of nitrogen functional groups attached to an aromatic ring is 1. The number of hydrogen-bond acceptors (Lipinski definition) is 2. The summed E-state index contributed by atoms with van der Waals surface area (Å²) in [6.07, 6.45) is 0. The van der Waals surface area contributed by atoms with Gasteiger partial charge < -0.3 is 10.5 Å². The van der Waals surface area contributed by atoms with Crippen molar-refractivity contribution < 1.29 is 4.74 Å². The van der Waals surface area contributed by atoms with Crippen LogP contribution in [0, 0.1) is 13.8 Å². The minimum Gasteiger partial charge on any atom is -0.457 e. The second-order valence-electron chi connectivity index (χ2n) is 4.03. The van der Waals surface area contributed by atoms with Crippen LogP contribution < -0.4 is 10.5 Å². The molecule has 0 aliphatic rings. The van der Waals surface area contributed by atoms with Gasteiger partial charge >= 0.3 is 0 Å². The van der Waals surface area contributed by atoms with Crippen molar-refractivity contribution >= 4 is 17.3 Å². The molecule has 0 spiro atoms. The third-order valence-corrected chi connectivity index (χ3v) is 2.82. The SMILES string of the molecule is Cc1cc(Oc2cccc(Cl)c2)c(C)cc1N. The highest BCUT2D eigenvalue weighted by Crippen LogP contribution is 2.29. The number of ether oxygens (including phenoxy) is 1. The third kappa shape index (κ3) is 2.71. The highest BCUT2D eigenvalue weighted by Gasteiger charge is 2.05. The zero-order valence-corrected chi connectivity index (χ0v) is 10.6. The Morgan fingerprint density at radius 1 is 1.06 bits per heavy atom. The van der Waals surface area contributed by atoms with E-state index < -0.39 is 0 Å². The van der Waals surface area contributed by atoms with Gasteiger partial charge in [-0.15, -0.1) is 0 Å². The van der Waals surface area contributed by atoms with Crippen LogP contribution in [0.3, 0.4) is 0 Å². The van der Waals surface area contributed by atoms with Gasteiger partial charge in [0.2, 0.25) is 0 Å². The number of hydrogen-bond donors (Lipinski definition) is 1. The fraction of sp³-hybridized carbons (Fsp3) is 0.143. The molecule has 2 aromatic carbocycles. The monoisotopic (exact) mass is 247 g/mol. The first-order chi connectivity index (χ1) is 8.06. The van der Waals surface area contributed by atoms with Crippen LogP contribution in [0.25, 0.3) is 0 Å². The van der Waals surface area contributed by atoms with Crippen molar-refractivity contribution in [3.63, 3.8) is 0 Å². The molecular weight excluding hydrogens is 234 g/mol. The molecule has 88 valence electrons. The molecule has 2 aromatic rings. The van der Waals surface area contributed by atoms with Crippen LogP contribution in [0.5, 0.6) is 11.5 Å². The molecule has 0 heterocycles. The van der Waals surface area contributed by atoms with Crippen molar-refractivity contribution in [3.05, 3.63) is 52.5 Å². The Bertz CT molecular complexity index is 552. The van der Waals surface area contributed by atoms with E-state index in [1.807, 2.05) is 44.2 Å². The molecule has 0 bridgehead atoms. The lowest BCUT2D eigenvalue weighted by molar-refractivity contribution is 0.478. The van der Waals surface area contributed by atoms with Crippen LogP contribution in [-0.4, -0.2) is 0 Å². The maximum atomic E-state index is 5.91. The van der Waals surface area contributed by atoms with Gasteiger partial charge in [0.25, 0.3) is 0 Å². The smallest absolute Gasteiger partial charge is 0.130 e. The first-order valence-corrected chi connectivity index (χ1v) is 5.74. The summed E-state index contributed by atoms with van der Waals surface area (Å²) in [6, 6.07) is 11.2. The molecule has 2 N–H and O–H groups in total. The number of nitrogens with two attached hydrogens (primary N) is 1. The number of rotatable bonds is 2. The van der Waals surface area contributed by atoms with E-state index >= 15 is 0 Å². The molecule has 0 fully saturated rings. The molecule has 17 heavy (non-hydrogen) atoms. The maximum Gasteiger partial charge on any atom is 0.130 e. The van der Waals surface area contributed by atoms with Gasteiger partial charge in [-0.2, -0.15) is 0 Å². The summed E-state index contributed by atoms with van der Waals surface area (Å²) in [6.45, 7) is 3.93. The van der Waals surface area contributed by atoms with Crippen LogP contribution in [0.2, 0.25) is 5.02 Å². The zero-order chi connectivity index (χ0) is 12.4. The Morgan fingerprint density at radius 2 is 1.82 bits per heavy atom. The fourth-order valence-corrected chi connectivity index (χ4v) is 1.76. The van der Waals surface area contributed by atoms with E-state index in [0.717, 1.165) is 28.3 Å². The summed E-state index contributed by atoms with van der Waals surface area (Å²) in [7, 11) is 0. The summed E-state index contributed by atoms with van der Waals surface area (Å²) < 4.78 is 5.79. The van der Waals surface area contributed by atoms with E-state index in [4.69, 9.17) is 22.1 Å². The third-order valence-electron chi connectivity index (χ3n) is 2.59. The van der Waals surface area contributed by atoms with Crippen LogP contribution in [0.1, 0.15) is 11.1 Å². The average molecular weight is 248 g/mol. The van der Waals surface area contributed by atoms with Crippen LogP contribution in [0.4, 0.5) is 5.69 Å². The Labute approximate surface area is 106 Å². The van der Waals surface area contributed by atoms with Crippen LogP contribution >= 0.6 is 11.6 Å². The van der Waals surface area contributed by atoms with Crippen molar-refractivity contribution in [2.75, 3.05) is 5.73 Å². The van der Waals surface area contributed by atoms with E-state index in [1.165, 1.54) is 0 Å². The highest BCUT2D eigenvalue weighted by molar-refractivity contribution is 6.30. The normalized spacial score (nSPS) is 10.3. The molecule has 2 rings (SSSR count). The lowest BCUT2D eigenvalue weighted by Crippen LogP contribution is -1.94. The Hall–Kier alpha value is -1.67. The Kier molecular flexibility index (Phi) is 3.25. The van der Waals surface area contributed by atoms with E-state index in [9.17, 15) is 0 Å². The summed E-state index contributed by atoms with van der Waals surface area (Å²) in [5.74, 6) is 1.53. The molecule has 0 aromatic heterocycles. The topological polar surface area (TPSA) is 35.2 Å². The summed E-state index contributed by atoms with van der Waals surface area (Å²) in [5.41, 5.74) is 8.62. The highest BCUT2D eigenvalue weighted by atomic mass is 35.5. The first kappa shape index (κ1) is 11.8. The molecule has 2 nitrogen and oxygen atoms in total. The number of benzene rings is 2. The Morgan fingerprint density at radius 3 is 2.53 bits per heavy atom. The van der Waals surface area contributed by atoms with Crippen molar-refractivity contribution in [1.82, 2.24) is 0 Å². The van der Waals surface area contributed by atoms with Gasteiger partial charge in [-0.1, -0.05) is 17.7 Å². The predicted octanol–water partition coefficient (Wildman–Crippen LogP) is 4.33. The molecule has 0 aliphatic heterocycles. The van der Waals surface area contributed by atoms with Crippen molar-refractivity contribution in [2.24, 2.45) is 0 Å². The first-order valence-electron chi connectivity index (χ1n) is 5.36. The minimum atomic E-state index is 0.660. The molecule has 0 radical (unpaired) electrons. The average Bonchev–Trinajstić information content (AvgIpc) is 2.26. The molecule has 0 unspecified atom stereocenters. The van der Waals surface area contributed by atoms with Gasteiger partial charge in [0.15, 0.2) is 0 Å². The molecule has 0 amide bonds. The van der Waals surface area contributed by atoms with E-state index in [-0.39, 0.29) is 0 Å². The van der Waals surface area contributed by atoms with Gasteiger partial charge in [-0.25, -0.2) is 0 Å². The van der Waals surface area contributed by atoms with Crippen molar-refractivity contribution in [3.8, 4) is 11.5 Å². The quantitative estimate of drug-likeness (QED) is 0.802. The maximum absolute atomic E-state index is 5.91. The lowest BCUT2D eigenvalue weighted by atomic mass is 10.1. The minimum absolute atomic E-state index is 0.660. The standard InChI is InChI=1S/C14H14ClNO/c1-9-7-14(10(2)6-13(9)16)17-12-5-3-4-11(15)8-12/h3-8H,16H2,1-2H3. The molecule has 0 saturated heterocycles. The number of anilines is 1.